The number of nitrogens with one attached hydrogen (secondary N) is 1. The molecule has 0 spiro atoms. The SMILES string of the molecule is CCOC(=O)C(C)(NC(C)CC)C1CCCCC1. The van der Waals surface area contributed by atoms with Gasteiger partial charge in [0.25, 0.3) is 0 Å². The molecule has 106 valence electrons. The summed E-state index contributed by atoms with van der Waals surface area (Å²) in [5.74, 6) is 0.344. The fourth-order valence-corrected chi connectivity index (χ4v) is 2.92. The Labute approximate surface area is 112 Å². The molecule has 2 atom stereocenters. The molecule has 18 heavy (non-hydrogen) atoms. The number of carbonyl (C=O) groups excluding carboxylic acids is 1. The summed E-state index contributed by atoms with van der Waals surface area (Å²) in [7, 11) is 0. The summed E-state index contributed by atoms with van der Waals surface area (Å²) in [5, 5.41) is 3.52. The van der Waals surface area contributed by atoms with E-state index in [0.717, 1.165) is 19.3 Å². The van der Waals surface area contributed by atoms with Crippen molar-refractivity contribution in [2.75, 3.05) is 6.61 Å². The summed E-state index contributed by atoms with van der Waals surface area (Å²) in [5.41, 5.74) is -0.508. The van der Waals surface area contributed by atoms with Gasteiger partial charge in [-0.05, 0) is 46.0 Å². The fourth-order valence-electron chi connectivity index (χ4n) is 2.92. The third kappa shape index (κ3) is 3.71. The van der Waals surface area contributed by atoms with Gasteiger partial charge in [0, 0.05) is 6.04 Å². The third-order valence-corrected chi connectivity index (χ3v) is 4.28. The van der Waals surface area contributed by atoms with Crippen LogP contribution in [0.25, 0.3) is 0 Å². The highest BCUT2D eigenvalue weighted by Gasteiger charge is 2.43. The van der Waals surface area contributed by atoms with E-state index >= 15 is 0 Å². The van der Waals surface area contributed by atoms with Crippen LogP contribution >= 0.6 is 0 Å². The average molecular weight is 255 g/mol. The second kappa shape index (κ2) is 7.13. The minimum atomic E-state index is -0.508. The maximum atomic E-state index is 12.3. The second-order valence-corrected chi connectivity index (χ2v) is 5.71. The van der Waals surface area contributed by atoms with Crippen molar-refractivity contribution in [3.63, 3.8) is 0 Å². The molecule has 0 aromatic carbocycles. The molecule has 1 fully saturated rings. The van der Waals surface area contributed by atoms with Gasteiger partial charge in [0.1, 0.15) is 5.54 Å². The lowest BCUT2D eigenvalue weighted by atomic mass is 9.75. The number of rotatable bonds is 6. The van der Waals surface area contributed by atoms with Crippen LogP contribution in [0, 0.1) is 5.92 Å². The zero-order valence-electron chi connectivity index (χ0n) is 12.4. The van der Waals surface area contributed by atoms with Crippen LogP contribution in [0.5, 0.6) is 0 Å². The molecular formula is C15H29NO2. The van der Waals surface area contributed by atoms with Crippen LogP contribution < -0.4 is 5.32 Å². The highest BCUT2D eigenvalue weighted by molar-refractivity contribution is 5.81. The molecule has 1 rings (SSSR count). The van der Waals surface area contributed by atoms with Crippen molar-refractivity contribution in [3.05, 3.63) is 0 Å². The van der Waals surface area contributed by atoms with Crippen LogP contribution in [0.15, 0.2) is 0 Å². The predicted molar refractivity (Wildman–Crippen MR) is 74.5 cm³/mol. The maximum absolute atomic E-state index is 12.3. The molecule has 0 amide bonds. The van der Waals surface area contributed by atoms with Gasteiger partial charge in [-0.15, -0.1) is 0 Å². The standard InChI is InChI=1S/C15H29NO2/c1-5-12(3)16-15(4,14(17)18-6-2)13-10-8-7-9-11-13/h12-13,16H,5-11H2,1-4H3. The van der Waals surface area contributed by atoms with Crippen molar-refractivity contribution in [1.82, 2.24) is 5.32 Å². The largest absolute Gasteiger partial charge is 0.465 e. The summed E-state index contributed by atoms with van der Waals surface area (Å²) >= 11 is 0. The molecule has 2 unspecified atom stereocenters. The Hall–Kier alpha value is -0.570. The van der Waals surface area contributed by atoms with Crippen molar-refractivity contribution >= 4 is 5.97 Å². The van der Waals surface area contributed by atoms with E-state index in [1.807, 2.05) is 13.8 Å². The van der Waals surface area contributed by atoms with Gasteiger partial charge < -0.3 is 4.74 Å². The van der Waals surface area contributed by atoms with Gasteiger partial charge in [-0.1, -0.05) is 26.2 Å². The average Bonchev–Trinajstić information content (AvgIpc) is 2.39. The first-order valence-corrected chi connectivity index (χ1v) is 7.49. The Morgan fingerprint density at radius 2 is 1.94 bits per heavy atom. The number of hydrogen-bond acceptors (Lipinski definition) is 3. The summed E-state index contributed by atoms with van der Waals surface area (Å²) in [6.07, 6.45) is 7.08. The molecule has 1 aliphatic carbocycles. The Morgan fingerprint density at radius 1 is 1.33 bits per heavy atom. The van der Waals surface area contributed by atoms with Crippen LogP contribution in [0.1, 0.15) is 66.2 Å². The highest BCUT2D eigenvalue weighted by Crippen LogP contribution is 2.34. The molecule has 1 N–H and O–H groups in total. The van der Waals surface area contributed by atoms with Crippen LogP contribution in [0.3, 0.4) is 0 Å². The van der Waals surface area contributed by atoms with E-state index in [-0.39, 0.29) is 5.97 Å². The van der Waals surface area contributed by atoms with Crippen LogP contribution in [0.2, 0.25) is 0 Å². The van der Waals surface area contributed by atoms with E-state index in [1.54, 1.807) is 0 Å². The van der Waals surface area contributed by atoms with E-state index in [9.17, 15) is 4.79 Å². The van der Waals surface area contributed by atoms with Gasteiger partial charge >= 0.3 is 5.97 Å². The quantitative estimate of drug-likeness (QED) is 0.740. The van der Waals surface area contributed by atoms with Crippen molar-refractivity contribution in [1.29, 1.82) is 0 Å². The third-order valence-electron chi connectivity index (χ3n) is 4.28. The van der Waals surface area contributed by atoms with E-state index in [4.69, 9.17) is 4.74 Å². The van der Waals surface area contributed by atoms with Crippen LogP contribution in [-0.4, -0.2) is 24.2 Å². The Morgan fingerprint density at radius 3 is 2.44 bits per heavy atom. The zero-order valence-corrected chi connectivity index (χ0v) is 12.4. The lowest BCUT2D eigenvalue weighted by Crippen LogP contribution is -2.58. The summed E-state index contributed by atoms with van der Waals surface area (Å²) in [4.78, 5) is 12.3. The van der Waals surface area contributed by atoms with E-state index in [0.29, 0.717) is 18.6 Å². The van der Waals surface area contributed by atoms with Crippen molar-refractivity contribution in [2.24, 2.45) is 5.92 Å². The molecule has 0 saturated heterocycles. The second-order valence-electron chi connectivity index (χ2n) is 5.71. The molecule has 0 bridgehead atoms. The van der Waals surface area contributed by atoms with Crippen molar-refractivity contribution in [3.8, 4) is 0 Å². The fraction of sp³-hybridized carbons (Fsp3) is 0.933. The van der Waals surface area contributed by atoms with Gasteiger partial charge in [-0.2, -0.15) is 0 Å². The lowest BCUT2D eigenvalue weighted by molar-refractivity contribution is -0.154. The molecule has 0 aromatic rings. The number of hydrogen-bond donors (Lipinski definition) is 1. The first-order chi connectivity index (χ1) is 8.54. The monoisotopic (exact) mass is 255 g/mol. The van der Waals surface area contributed by atoms with Gasteiger partial charge in [-0.3, -0.25) is 10.1 Å². The minimum Gasteiger partial charge on any atom is -0.465 e. The first-order valence-electron chi connectivity index (χ1n) is 7.49. The smallest absolute Gasteiger partial charge is 0.326 e. The van der Waals surface area contributed by atoms with Gasteiger partial charge in [-0.25, -0.2) is 0 Å². The molecule has 0 aliphatic heterocycles. The topological polar surface area (TPSA) is 38.3 Å². The molecule has 3 nitrogen and oxygen atoms in total. The number of carbonyl (C=O) groups is 1. The van der Waals surface area contributed by atoms with Gasteiger partial charge in [0.2, 0.25) is 0 Å². The zero-order chi connectivity index (χ0) is 13.6. The molecule has 0 radical (unpaired) electrons. The lowest BCUT2D eigenvalue weighted by Gasteiger charge is -2.40. The van der Waals surface area contributed by atoms with Crippen molar-refractivity contribution < 1.29 is 9.53 Å². The van der Waals surface area contributed by atoms with Gasteiger partial charge in [0.05, 0.1) is 6.61 Å². The molecule has 1 saturated carbocycles. The molecule has 1 aliphatic rings. The Balaban J connectivity index is 2.80. The number of ether oxygens (including phenoxy) is 1. The molecule has 0 heterocycles. The molecular weight excluding hydrogens is 226 g/mol. The molecule has 0 aromatic heterocycles. The van der Waals surface area contributed by atoms with Crippen LogP contribution in [0.4, 0.5) is 0 Å². The highest BCUT2D eigenvalue weighted by atomic mass is 16.5. The summed E-state index contributed by atoms with van der Waals surface area (Å²) < 4.78 is 5.30. The maximum Gasteiger partial charge on any atom is 0.326 e. The van der Waals surface area contributed by atoms with E-state index in [1.165, 1.54) is 19.3 Å². The Kier molecular flexibility index (Phi) is 6.13. The minimum absolute atomic E-state index is 0.0720. The van der Waals surface area contributed by atoms with Gasteiger partial charge in [0.15, 0.2) is 0 Å². The number of esters is 1. The van der Waals surface area contributed by atoms with E-state index < -0.39 is 5.54 Å². The summed E-state index contributed by atoms with van der Waals surface area (Å²) in [6.45, 7) is 8.66. The Bertz CT molecular complexity index is 261. The van der Waals surface area contributed by atoms with Crippen LogP contribution in [-0.2, 0) is 9.53 Å². The molecule has 3 heteroatoms. The predicted octanol–water partition coefficient (Wildman–Crippen LogP) is 3.28. The first kappa shape index (κ1) is 15.5. The normalized spacial score (nSPS) is 22.2. The van der Waals surface area contributed by atoms with E-state index in [2.05, 4.69) is 19.2 Å². The van der Waals surface area contributed by atoms with Crippen molar-refractivity contribution in [2.45, 2.75) is 77.8 Å². The summed E-state index contributed by atoms with van der Waals surface area (Å²) in [6, 6.07) is 0.348.